The fourth-order valence-electron chi connectivity index (χ4n) is 3.25. The lowest BCUT2D eigenvalue weighted by atomic mass is 9.95. The predicted octanol–water partition coefficient (Wildman–Crippen LogP) is 2.58. The van der Waals surface area contributed by atoms with Gasteiger partial charge in [0.1, 0.15) is 0 Å². The number of nitrogens with zero attached hydrogens (tertiary/aromatic N) is 2. The lowest BCUT2D eigenvalue weighted by Crippen LogP contribution is -2.40. The molecule has 0 radical (unpaired) electrons. The van der Waals surface area contributed by atoms with E-state index in [9.17, 15) is 0 Å². The van der Waals surface area contributed by atoms with Crippen LogP contribution in [-0.4, -0.2) is 50.1 Å². The molecule has 0 bridgehead atoms. The molecule has 1 fully saturated rings. The maximum absolute atomic E-state index is 6.41. The Morgan fingerprint density at radius 3 is 2.43 bits per heavy atom. The van der Waals surface area contributed by atoms with Crippen molar-refractivity contribution in [1.29, 1.82) is 0 Å². The third-order valence-corrected chi connectivity index (χ3v) is 4.74. The molecule has 1 atom stereocenters. The molecule has 1 aromatic carbocycles. The number of aryl methyl sites for hydroxylation is 2. The smallest absolute Gasteiger partial charge is 0.0424 e. The number of nitrogens with two attached hydrogens (primary N) is 1. The van der Waals surface area contributed by atoms with Gasteiger partial charge in [0, 0.05) is 19.1 Å². The van der Waals surface area contributed by atoms with Gasteiger partial charge in [-0.1, -0.05) is 18.2 Å². The summed E-state index contributed by atoms with van der Waals surface area (Å²) in [5, 5.41) is 0. The van der Waals surface area contributed by atoms with Crippen LogP contribution in [0.2, 0.25) is 0 Å². The van der Waals surface area contributed by atoms with Gasteiger partial charge in [0.05, 0.1) is 0 Å². The molecule has 1 aliphatic rings. The van der Waals surface area contributed by atoms with E-state index in [1.807, 2.05) is 0 Å². The van der Waals surface area contributed by atoms with Gasteiger partial charge in [0.15, 0.2) is 0 Å². The third kappa shape index (κ3) is 4.80. The summed E-state index contributed by atoms with van der Waals surface area (Å²) in [6.07, 6.45) is 2.61. The molecule has 3 nitrogen and oxygen atoms in total. The van der Waals surface area contributed by atoms with E-state index >= 15 is 0 Å². The second-order valence-corrected chi connectivity index (χ2v) is 6.96. The molecule has 0 aliphatic carbocycles. The molecule has 2 N–H and O–H groups in total. The van der Waals surface area contributed by atoms with E-state index < -0.39 is 0 Å². The minimum atomic E-state index is 0.134. The normalized spacial score (nSPS) is 19.1. The topological polar surface area (TPSA) is 32.5 Å². The van der Waals surface area contributed by atoms with E-state index in [0.29, 0.717) is 0 Å². The summed E-state index contributed by atoms with van der Waals surface area (Å²) in [5.74, 6) is 0.856. The molecule has 3 heteroatoms. The first kappa shape index (κ1) is 16.5. The van der Waals surface area contributed by atoms with Crippen LogP contribution >= 0.6 is 0 Å². The van der Waals surface area contributed by atoms with Crippen LogP contribution in [0.15, 0.2) is 18.2 Å². The van der Waals surface area contributed by atoms with Crippen molar-refractivity contribution in [2.75, 3.05) is 40.3 Å². The summed E-state index contributed by atoms with van der Waals surface area (Å²) < 4.78 is 0. The first-order valence-electron chi connectivity index (χ1n) is 8.15. The molecule has 21 heavy (non-hydrogen) atoms. The Morgan fingerprint density at radius 1 is 1.19 bits per heavy atom. The van der Waals surface area contributed by atoms with Crippen molar-refractivity contribution in [2.24, 2.45) is 11.7 Å². The highest BCUT2D eigenvalue weighted by atomic mass is 15.1. The fraction of sp³-hybridized carbons (Fsp3) is 0.667. The zero-order valence-corrected chi connectivity index (χ0v) is 14.1. The zero-order chi connectivity index (χ0) is 15.4. The fourth-order valence-corrected chi connectivity index (χ4v) is 3.25. The average Bonchev–Trinajstić information content (AvgIpc) is 2.43. The minimum Gasteiger partial charge on any atom is -0.323 e. The van der Waals surface area contributed by atoms with Crippen molar-refractivity contribution >= 4 is 0 Å². The van der Waals surface area contributed by atoms with E-state index in [0.717, 1.165) is 12.5 Å². The van der Waals surface area contributed by atoms with Gasteiger partial charge >= 0.3 is 0 Å². The van der Waals surface area contributed by atoms with Crippen molar-refractivity contribution in [2.45, 2.75) is 32.7 Å². The van der Waals surface area contributed by atoms with E-state index in [4.69, 9.17) is 5.73 Å². The highest BCUT2D eigenvalue weighted by Crippen LogP contribution is 2.21. The van der Waals surface area contributed by atoms with Gasteiger partial charge in [-0.3, -0.25) is 0 Å². The number of likely N-dealkylation sites (tertiary alicyclic amines) is 1. The largest absolute Gasteiger partial charge is 0.323 e. The second-order valence-electron chi connectivity index (χ2n) is 6.96. The van der Waals surface area contributed by atoms with Crippen molar-refractivity contribution in [3.63, 3.8) is 0 Å². The molecular weight excluding hydrogens is 258 g/mol. The Bertz CT molecular complexity index is 448. The summed E-state index contributed by atoms with van der Waals surface area (Å²) >= 11 is 0. The van der Waals surface area contributed by atoms with Crippen LogP contribution < -0.4 is 5.73 Å². The molecule has 1 aliphatic heterocycles. The lowest BCUT2D eigenvalue weighted by molar-refractivity contribution is 0.156. The molecule has 0 amide bonds. The van der Waals surface area contributed by atoms with Crippen molar-refractivity contribution in [3.05, 3.63) is 34.9 Å². The SMILES string of the molecule is Cc1ccc(C(N)CN2CCC(CN(C)C)CC2)cc1C. The maximum Gasteiger partial charge on any atom is 0.0424 e. The molecule has 1 unspecified atom stereocenters. The van der Waals surface area contributed by atoms with E-state index in [1.165, 1.54) is 49.2 Å². The molecule has 1 saturated heterocycles. The van der Waals surface area contributed by atoms with Crippen LogP contribution in [0.5, 0.6) is 0 Å². The van der Waals surface area contributed by atoms with Crippen molar-refractivity contribution in [3.8, 4) is 0 Å². The molecule has 0 saturated carbocycles. The first-order chi connectivity index (χ1) is 9.95. The predicted molar refractivity (Wildman–Crippen MR) is 90.6 cm³/mol. The third-order valence-electron chi connectivity index (χ3n) is 4.74. The lowest BCUT2D eigenvalue weighted by Gasteiger charge is -2.34. The molecule has 1 aromatic rings. The zero-order valence-electron chi connectivity index (χ0n) is 14.1. The summed E-state index contributed by atoms with van der Waals surface area (Å²) in [7, 11) is 4.34. The molecule has 0 aromatic heterocycles. The summed E-state index contributed by atoms with van der Waals surface area (Å²) in [6.45, 7) is 8.90. The Kier molecular flexibility index (Phi) is 5.80. The van der Waals surface area contributed by atoms with Gasteiger partial charge in [-0.2, -0.15) is 0 Å². The number of hydrogen-bond donors (Lipinski definition) is 1. The van der Waals surface area contributed by atoms with Gasteiger partial charge in [0.25, 0.3) is 0 Å². The summed E-state index contributed by atoms with van der Waals surface area (Å²) in [6, 6.07) is 6.76. The van der Waals surface area contributed by atoms with Crippen LogP contribution in [0.3, 0.4) is 0 Å². The first-order valence-corrected chi connectivity index (χ1v) is 8.15. The highest BCUT2D eigenvalue weighted by Gasteiger charge is 2.21. The quantitative estimate of drug-likeness (QED) is 0.904. The molecule has 2 rings (SSSR count). The second kappa shape index (κ2) is 7.39. The minimum absolute atomic E-state index is 0.134. The molecule has 1 heterocycles. The Hall–Kier alpha value is -0.900. The Balaban J connectivity index is 1.84. The number of benzene rings is 1. The number of hydrogen-bond acceptors (Lipinski definition) is 3. The standard InChI is InChI=1S/C18H31N3/c1-14-5-6-17(11-15(14)2)18(19)13-21-9-7-16(8-10-21)12-20(3)4/h5-6,11,16,18H,7-10,12-13,19H2,1-4H3. The maximum atomic E-state index is 6.41. The van der Waals surface area contributed by atoms with Gasteiger partial charge in [-0.25, -0.2) is 0 Å². The van der Waals surface area contributed by atoms with Crippen LogP contribution in [0.4, 0.5) is 0 Å². The van der Waals surface area contributed by atoms with Crippen LogP contribution in [0, 0.1) is 19.8 Å². The van der Waals surface area contributed by atoms with Crippen molar-refractivity contribution in [1.82, 2.24) is 9.80 Å². The number of rotatable bonds is 5. The van der Waals surface area contributed by atoms with Crippen molar-refractivity contribution < 1.29 is 0 Å². The molecule has 0 spiro atoms. The highest BCUT2D eigenvalue weighted by molar-refractivity contribution is 5.31. The summed E-state index contributed by atoms with van der Waals surface area (Å²) in [4.78, 5) is 4.84. The van der Waals surface area contributed by atoms with E-state index in [2.05, 4.69) is 55.9 Å². The molecular formula is C18H31N3. The van der Waals surface area contributed by atoms with E-state index in [-0.39, 0.29) is 6.04 Å². The van der Waals surface area contributed by atoms with Gasteiger partial charge < -0.3 is 15.5 Å². The molecule has 118 valence electrons. The average molecular weight is 289 g/mol. The Labute approximate surface area is 130 Å². The van der Waals surface area contributed by atoms with Crippen LogP contribution in [-0.2, 0) is 0 Å². The van der Waals surface area contributed by atoms with Crippen LogP contribution in [0.1, 0.15) is 35.6 Å². The van der Waals surface area contributed by atoms with Crippen LogP contribution in [0.25, 0.3) is 0 Å². The van der Waals surface area contributed by atoms with Gasteiger partial charge in [-0.05, 0) is 76.5 Å². The summed E-state index contributed by atoms with van der Waals surface area (Å²) in [5.41, 5.74) is 10.4. The Morgan fingerprint density at radius 2 is 1.86 bits per heavy atom. The van der Waals surface area contributed by atoms with Gasteiger partial charge in [-0.15, -0.1) is 0 Å². The van der Waals surface area contributed by atoms with E-state index in [1.54, 1.807) is 0 Å². The monoisotopic (exact) mass is 289 g/mol. The van der Waals surface area contributed by atoms with Gasteiger partial charge in [0.2, 0.25) is 0 Å². The number of piperidine rings is 1.